The van der Waals surface area contributed by atoms with Crippen LogP contribution in [-0.2, 0) is 0 Å². The van der Waals surface area contributed by atoms with Gasteiger partial charge < -0.3 is 20.1 Å². The second kappa shape index (κ2) is 11.8. The molecule has 0 aliphatic carbocycles. The highest BCUT2D eigenvalue weighted by atomic mass is 35.5. The number of pyridine rings is 1. The third-order valence-corrected chi connectivity index (χ3v) is 7.19. The van der Waals surface area contributed by atoms with E-state index in [0.717, 1.165) is 5.69 Å². The van der Waals surface area contributed by atoms with E-state index < -0.39 is 11.6 Å². The monoisotopic (exact) mass is 609 g/mol. The van der Waals surface area contributed by atoms with Gasteiger partial charge in [-0.3, -0.25) is 10.2 Å². The minimum absolute atomic E-state index is 0.254. The highest BCUT2D eigenvalue weighted by molar-refractivity contribution is 6.39. The molecule has 3 N–H and O–H groups in total. The van der Waals surface area contributed by atoms with Crippen LogP contribution in [0.15, 0.2) is 48.7 Å². The van der Waals surface area contributed by atoms with Crippen LogP contribution in [-0.4, -0.2) is 57.3 Å². The number of halogens is 2. The maximum atomic E-state index is 12.8. The Bertz CT molecular complexity index is 1620. The smallest absolute Gasteiger partial charge is 0.320 e. The predicted octanol–water partition coefficient (Wildman–Crippen LogP) is 7.10. The summed E-state index contributed by atoms with van der Waals surface area (Å²) < 4.78 is 12.0. The predicted molar refractivity (Wildman–Crippen MR) is 167 cm³/mol. The topological polar surface area (TPSA) is 114 Å². The van der Waals surface area contributed by atoms with Gasteiger partial charge in [0.15, 0.2) is 17.1 Å². The van der Waals surface area contributed by atoms with E-state index >= 15 is 0 Å². The number of carbonyl (C=O) groups is 1. The number of fused-ring (bicyclic) bond motifs is 2. The Hall–Kier alpha value is -3.86. The number of nitrogens with zero attached hydrogens (tertiary/aromatic N) is 4. The number of aromatic nitrogens is 3. The molecule has 0 fully saturated rings. The van der Waals surface area contributed by atoms with Crippen LogP contribution in [0.4, 0.5) is 22.2 Å². The number of rotatable bonds is 7. The Kier molecular flexibility index (Phi) is 8.32. The minimum Gasteiger partial charge on any atom is -0.450 e. The molecular weight excluding hydrogens is 577 g/mol. The van der Waals surface area contributed by atoms with Crippen molar-refractivity contribution in [3.63, 3.8) is 0 Å². The summed E-state index contributed by atoms with van der Waals surface area (Å²) in [6.07, 6.45) is 1.27. The van der Waals surface area contributed by atoms with Crippen molar-refractivity contribution in [2.75, 3.05) is 24.2 Å². The number of hydrogen-bond donors (Lipinski definition) is 3. The number of ether oxygens (including phenoxy) is 2. The van der Waals surface area contributed by atoms with Gasteiger partial charge in [0.25, 0.3) is 6.29 Å². The lowest BCUT2D eigenvalue weighted by molar-refractivity contribution is 0.0147. The van der Waals surface area contributed by atoms with Crippen molar-refractivity contribution < 1.29 is 14.3 Å². The molecule has 3 heterocycles. The van der Waals surface area contributed by atoms with Crippen molar-refractivity contribution in [2.24, 2.45) is 0 Å². The highest BCUT2D eigenvalue weighted by Crippen LogP contribution is 2.40. The lowest BCUT2D eigenvalue weighted by Gasteiger charge is -2.23. The molecule has 2 amide bonds. The summed E-state index contributed by atoms with van der Waals surface area (Å²) in [5, 5.41) is 10.4. The third-order valence-electron chi connectivity index (χ3n) is 6.56. The van der Waals surface area contributed by atoms with Crippen LogP contribution >= 0.6 is 23.2 Å². The van der Waals surface area contributed by atoms with E-state index in [1.807, 2.05) is 46.0 Å². The summed E-state index contributed by atoms with van der Waals surface area (Å²) in [6.45, 7) is 10.5. The van der Waals surface area contributed by atoms with Crippen molar-refractivity contribution in [3.05, 3.63) is 58.7 Å². The molecule has 12 heteroatoms. The molecule has 1 aliphatic heterocycles. The van der Waals surface area contributed by atoms with E-state index in [0.29, 0.717) is 62.2 Å². The zero-order chi connectivity index (χ0) is 30.2. The fourth-order valence-electron chi connectivity index (χ4n) is 4.28. The van der Waals surface area contributed by atoms with Gasteiger partial charge in [-0.1, -0.05) is 29.3 Å². The van der Waals surface area contributed by atoms with Crippen LogP contribution < -0.4 is 25.4 Å². The van der Waals surface area contributed by atoms with E-state index in [2.05, 4.69) is 49.6 Å². The van der Waals surface area contributed by atoms with Gasteiger partial charge in [-0.15, -0.1) is 0 Å². The Morgan fingerprint density at radius 3 is 2.45 bits per heavy atom. The zero-order valence-corrected chi connectivity index (χ0v) is 25.8. The summed E-state index contributed by atoms with van der Waals surface area (Å²) >= 11 is 13.1. The summed E-state index contributed by atoms with van der Waals surface area (Å²) in [7, 11) is 2.03. The van der Waals surface area contributed by atoms with Gasteiger partial charge in [0.1, 0.15) is 5.82 Å². The molecule has 1 atom stereocenters. The van der Waals surface area contributed by atoms with Gasteiger partial charge in [0.2, 0.25) is 5.95 Å². The second-order valence-corrected chi connectivity index (χ2v) is 12.2. The molecule has 42 heavy (non-hydrogen) atoms. The molecule has 4 aromatic rings. The molecule has 0 saturated carbocycles. The summed E-state index contributed by atoms with van der Waals surface area (Å²) in [4.78, 5) is 28.8. The largest absolute Gasteiger partial charge is 0.450 e. The number of urea groups is 1. The Labute approximate surface area is 254 Å². The van der Waals surface area contributed by atoms with E-state index in [1.54, 1.807) is 30.5 Å². The third kappa shape index (κ3) is 6.78. The molecule has 0 saturated heterocycles. The standard InChI is InChI=1S/C30H33Cl2N7O3/c1-16(2)39(6)15-24-41-22-11-10-18(13-23(22)42-24)34-28-33-14-17-12-19(25-20(31)8-7-9-21(25)32)27(35-26(17)36-28)37-29(40)38-30(3,4)5/h7-14,16,24H,15H2,1-6H3,(H3,33,34,35,36,37,38,40). The number of carbonyl (C=O) groups excluding carboxylic acids is 1. The number of nitrogens with one attached hydrogen (secondary N) is 3. The van der Waals surface area contributed by atoms with Gasteiger partial charge in [-0.25, -0.2) is 14.8 Å². The van der Waals surface area contributed by atoms with E-state index in [4.69, 9.17) is 32.7 Å². The quantitative estimate of drug-likeness (QED) is 0.203. The Morgan fingerprint density at radius 2 is 1.76 bits per heavy atom. The number of amides is 2. The molecule has 2 aromatic carbocycles. The molecule has 0 spiro atoms. The van der Waals surface area contributed by atoms with Crippen molar-refractivity contribution in [3.8, 4) is 22.6 Å². The molecule has 5 rings (SSSR count). The molecule has 1 aliphatic rings. The Morgan fingerprint density at radius 1 is 1.05 bits per heavy atom. The van der Waals surface area contributed by atoms with Crippen molar-refractivity contribution in [2.45, 2.75) is 52.5 Å². The summed E-state index contributed by atoms with van der Waals surface area (Å²) in [5.41, 5.74) is 1.71. The lowest BCUT2D eigenvalue weighted by atomic mass is 10.0. The first-order chi connectivity index (χ1) is 19.9. The highest BCUT2D eigenvalue weighted by Gasteiger charge is 2.26. The van der Waals surface area contributed by atoms with Crippen LogP contribution in [0.2, 0.25) is 10.0 Å². The second-order valence-electron chi connectivity index (χ2n) is 11.4. The molecule has 0 bridgehead atoms. The van der Waals surface area contributed by atoms with Crippen LogP contribution in [0.3, 0.4) is 0 Å². The van der Waals surface area contributed by atoms with Crippen LogP contribution in [0.1, 0.15) is 34.6 Å². The normalized spacial score (nSPS) is 14.5. The molecule has 0 radical (unpaired) electrons. The first-order valence-electron chi connectivity index (χ1n) is 13.5. The Balaban J connectivity index is 1.44. The molecule has 1 unspecified atom stereocenters. The molecule has 220 valence electrons. The van der Waals surface area contributed by atoms with Crippen molar-refractivity contribution >= 4 is 57.7 Å². The van der Waals surface area contributed by atoms with Gasteiger partial charge >= 0.3 is 6.03 Å². The van der Waals surface area contributed by atoms with Gasteiger partial charge in [0.05, 0.1) is 16.6 Å². The number of hydrogen-bond acceptors (Lipinski definition) is 8. The zero-order valence-electron chi connectivity index (χ0n) is 24.3. The van der Waals surface area contributed by atoms with E-state index in [-0.39, 0.29) is 12.1 Å². The molecule has 10 nitrogen and oxygen atoms in total. The van der Waals surface area contributed by atoms with E-state index in [9.17, 15) is 4.79 Å². The van der Waals surface area contributed by atoms with Gasteiger partial charge in [0, 0.05) is 46.0 Å². The molecule has 2 aromatic heterocycles. The first-order valence-corrected chi connectivity index (χ1v) is 14.3. The number of likely N-dealkylation sites (N-methyl/N-ethyl adjacent to an activating group) is 1. The van der Waals surface area contributed by atoms with Crippen molar-refractivity contribution in [1.82, 2.24) is 25.2 Å². The maximum absolute atomic E-state index is 12.8. The average Bonchev–Trinajstić information content (AvgIpc) is 3.29. The fourth-order valence-corrected chi connectivity index (χ4v) is 4.88. The summed E-state index contributed by atoms with van der Waals surface area (Å²) in [5.74, 6) is 1.89. The van der Waals surface area contributed by atoms with Gasteiger partial charge in [-0.05, 0) is 72.0 Å². The minimum atomic E-state index is -0.461. The van der Waals surface area contributed by atoms with Crippen LogP contribution in [0.5, 0.6) is 11.5 Å². The van der Waals surface area contributed by atoms with Crippen LogP contribution in [0.25, 0.3) is 22.2 Å². The van der Waals surface area contributed by atoms with Gasteiger partial charge in [-0.2, -0.15) is 4.98 Å². The first kappa shape index (κ1) is 29.6. The number of anilines is 3. The van der Waals surface area contributed by atoms with E-state index in [1.165, 1.54) is 0 Å². The molecular formula is C30H33Cl2N7O3. The lowest BCUT2D eigenvalue weighted by Crippen LogP contribution is -2.43. The summed E-state index contributed by atoms with van der Waals surface area (Å²) in [6, 6.07) is 12.5. The number of benzene rings is 2. The maximum Gasteiger partial charge on any atom is 0.320 e. The SMILES string of the molecule is CC(C)N(C)CC1Oc2ccc(Nc3ncc4cc(-c5c(Cl)cccc5Cl)c(NC(=O)NC(C)(C)C)nc4n3)cc2O1. The van der Waals surface area contributed by atoms with Crippen molar-refractivity contribution in [1.29, 1.82) is 0 Å². The average molecular weight is 611 g/mol. The fraction of sp³-hybridized carbons (Fsp3) is 0.333. The van der Waals surface area contributed by atoms with Crippen LogP contribution in [0, 0.1) is 0 Å².